The third-order valence-electron chi connectivity index (χ3n) is 3.62. The molecule has 1 saturated heterocycles. The Bertz CT molecular complexity index is 501. The van der Waals surface area contributed by atoms with Gasteiger partial charge in [0.25, 0.3) is 5.91 Å². The van der Waals surface area contributed by atoms with E-state index >= 15 is 0 Å². The Kier molecular flexibility index (Phi) is 3.83. The van der Waals surface area contributed by atoms with E-state index in [1.54, 1.807) is 12.3 Å². The van der Waals surface area contributed by atoms with Crippen molar-refractivity contribution in [3.8, 4) is 0 Å². The van der Waals surface area contributed by atoms with Crippen LogP contribution in [0, 0.1) is 12.8 Å². The maximum absolute atomic E-state index is 12.4. The molecular formula is C14H18N2O3. The summed E-state index contributed by atoms with van der Waals surface area (Å²) in [6.07, 6.45) is 2.90. The van der Waals surface area contributed by atoms with Crippen LogP contribution in [0.1, 0.15) is 35.8 Å². The monoisotopic (exact) mass is 262 g/mol. The molecule has 2 unspecified atom stereocenters. The van der Waals surface area contributed by atoms with Gasteiger partial charge in [0.2, 0.25) is 0 Å². The molecule has 19 heavy (non-hydrogen) atoms. The Morgan fingerprint density at radius 2 is 2.21 bits per heavy atom. The number of carbonyl (C=O) groups excluding carboxylic acids is 1. The summed E-state index contributed by atoms with van der Waals surface area (Å²) in [5.41, 5.74) is 1.12. The molecule has 1 aliphatic rings. The lowest BCUT2D eigenvalue weighted by molar-refractivity contribution is -0.144. The average Bonchev–Trinajstić information content (AvgIpc) is 2.38. The summed E-state index contributed by atoms with van der Waals surface area (Å²) in [6.45, 7) is 4.30. The maximum atomic E-state index is 12.4. The van der Waals surface area contributed by atoms with Crippen molar-refractivity contribution in [3.63, 3.8) is 0 Å². The summed E-state index contributed by atoms with van der Waals surface area (Å²) in [6, 6.07) is 2.83. The third kappa shape index (κ3) is 2.75. The van der Waals surface area contributed by atoms with Crippen molar-refractivity contribution >= 4 is 11.9 Å². The van der Waals surface area contributed by atoms with Crippen molar-refractivity contribution in [1.29, 1.82) is 0 Å². The van der Waals surface area contributed by atoms with Crippen molar-refractivity contribution < 1.29 is 14.7 Å². The number of nitrogens with zero attached hydrogens (tertiary/aromatic N) is 2. The second-order valence-electron chi connectivity index (χ2n) is 5.15. The lowest BCUT2D eigenvalue weighted by atomic mass is 9.92. The number of aliphatic carboxylic acids is 1. The van der Waals surface area contributed by atoms with Gasteiger partial charge in [-0.15, -0.1) is 0 Å². The van der Waals surface area contributed by atoms with Crippen molar-refractivity contribution in [2.45, 2.75) is 32.7 Å². The lowest BCUT2D eigenvalue weighted by Gasteiger charge is -2.35. The summed E-state index contributed by atoms with van der Waals surface area (Å²) in [7, 11) is 0. The first kappa shape index (κ1) is 13.5. The highest BCUT2D eigenvalue weighted by atomic mass is 16.4. The van der Waals surface area contributed by atoms with E-state index in [4.69, 9.17) is 0 Å². The lowest BCUT2D eigenvalue weighted by Crippen LogP contribution is -2.50. The Balaban J connectivity index is 2.27. The molecule has 0 spiro atoms. The fraction of sp³-hybridized carbons (Fsp3) is 0.500. The number of rotatable bonds is 2. The molecule has 0 saturated carbocycles. The quantitative estimate of drug-likeness (QED) is 0.881. The molecule has 1 aromatic rings. The summed E-state index contributed by atoms with van der Waals surface area (Å²) in [5.74, 6) is -0.888. The van der Waals surface area contributed by atoms with Gasteiger partial charge in [-0.1, -0.05) is 13.0 Å². The van der Waals surface area contributed by atoms with Gasteiger partial charge in [0.1, 0.15) is 11.7 Å². The van der Waals surface area contributed by atoms with Gasteiger partial charge < -0.3 is 10.0 Å². The normalized spacial score (nSPS) is 23.2. The van der Waals surface area contributed by atoms with Gasteiger partial charge in [0.15, 0.2) is 0 Å². The van der Waals surface area contributed by atoms with E-state index in [1.165, 1.54) is 4.90 Å². The van der Waals surface area contributed by atoms with Gasteiger partial charge in [0, 0.05) is 12.7 Å². The number of carboxylic acid groups (broad SMARTS) is 1. The van der Waals surface area contributed by atoms with Crippen molar-refractivity contribution in [2.75, 3.05) is 6.54 Å². The number of hydrogen-bond donors (Lipinski definition) is 1. The van der Waals surface area contributed by atoms with Gasteiger partial charge in [-0.2, -0.15) is 0 Å². The summed E-state index contributed by atoms with van der Waals surface area (Å²) in [4.78, 5) is 29.3. The first-order chi connectivity index (χ1) is 9.00. The topological polar surface area (TPSA) is 70.5 Å². The van der Waals surface area contributed by atoms with Crippen LogP contribution >= 0.6 is 0 Å². The zero-order chi connectivity index (χ0) is 14.0. The molecule has 2 heterocycles. The van der Waals surface area contributed by atoms with E-state index in [0.717, 1.165) is 12.0 Å². The van der Waals surface area contributed by atoms with Crippen molar-refractivity contribution in [2.24, 2.45) is 5.92 Å². The van der Waals surface area contributed by atoms with Gasteiger partial charge in [-0.3, -0.25) is 9.78 Å². The molecule has 5 heteroatoms. The molecule has 1 N–H and O–H groups in total. The molecule has 1 amide bonds. The van der Waals surface area contributed by atoms with E-state index in [0.29, 0.717) is 24.6 Å². The second kappa shape index (κ2) is 5.38. The number of amides is 1. The summed E-state index contributed by atoms with van der Waals surface area (Å²) >= 11 is 0. The Morgan fingerprint density at radius 3 is 2.84 bits per heavy atom. The molecule has 1 aliphatic heterocycles. The summed E-state index contributed by atoms with van der Waals surface area (Å²) in [5, 5.41) is 9.28. The number of hydrogen-bond acceptors (Lipinski definition) is 3. The zero-order valence-electron chi connectivity index (χ0n) is 11.2. The molecule has 1 aromatic heterocycles. The first-order valence-electron chi connectivity index (χ1n) is 6.46. The number of likely N-dealkylation sites (tertiary alicyclic amines) is 1. The molecule has 0 radical (unpaired) electrons. The molecule has 2 rings (SSSR count). The molecule has 5 nitrogen and oxygen atoms in total. The van der Waals surface area contributed by atoms with E-state index in [1.807, 2.05) is 19.9 Å². The van der Waals surface area contributed by atoms with E-state index < -0.39 is 12.0 Å². The highest BCUT2D eigenvalue weighted by Gasteiger charge is 2.35. The number of carbonyl (C=O) groups is 2. The van der Waals surface area contributed by atoms with Crippen LogP contribution in [0.15, 0.2) is 18.3 Å². The van der Waals surface area contributed by atoms with Crippen LogP contribution in [0.5, 0.6) is 0 Å². The minimum Gasteiger partial charge on any atom is -0.480 e. The number of piperidine rings is 1. The smallest absolute Gasteiger partial charge is 0.326 e. The van der Waals surface area contributed by atoms with E-state index in [2.05, 4.69) is 4.98 Å². The molecule has 2 atom stereocenters. The van der Waals surface area contributed by atoms with Gasteiger partial charge in [0.05, 0.1) is 0 Å². The molecular weight excluding hydrogens is 244 g/mol. The molecule has 0 aliphatic carbocycles. The van der Waals surface area contributed by atoms with Crippen LogP contribution in [0.3, 0.4) is 0 Å². The van der Waals surface area contributed by atoms with Crippen LogP contribution < -0.4 is 0 Å². The number of aromatic nitrogens is 1. The third-order valence-corrected chi connectivity index (χ3v) is 3.62. The largest absolute Gasteiger partial charge is 0.480 e. The second-order valence-corrected chi connectivity index (χ2v) is 5.15. The number of carboxylic acids is 1. The van der Waals surface area contributed by atoms with Crippen LogP contribution in [0.25, 0.3) is 0 Å². The average molecular weight is 262 g/mol. The standard InChI is InChI=1S/C14H18N2O3/c1-9-5-7-16(11(8-9)14(18)19)13(17)12-10(2)4-3-6-15-12/h3-4,6,9,11H,5,7-8H2,1-2H3,(H,18,19). The van der Waals surface area contributed by atoms with Crippen LogP contribution in [-0.2, 0) is 4.79 Å². The SMILES string of the molecule is Cc1cccnc1C(=O)N1CCC(C)CC1C(=O)O. The highest BCUT2D eigenvalue weighted by Crippen LogP contribution is 2.24. The fourth-order valence-electron chi connectivity index (χ4n) is 2.46. The van der Waals surface area contributed by atoms with E-state index in [-0.39, 0.29) is 5.91 Å². The predicted molar refractivity (Wildman–Crippen MR) is 69.8 cm³/mol. The minimum absolute atomic E-state index is 0.280. The van der Waals surface area contributed by atoms with Gasteiger partial charge >= 0.3 is 5.97 Å². The van der Waals surface area contributed by atoms with Crippen LogP contribution in [-0.4, -0.2) is 39.5 Å². The Morgan fingerprint density at radius 1 is 1.47 bits per heavy atom. The molecule has 1 fully saturated rings. The highest BCUT2D eigenvalue weighted by molar-refractivity contribution is 5.96. The minimum atomic E-state index is -0.937. The van der Waals surface area contributed by atoms with E-state index in [9.17, 15) is 14.7 Å². The van der Waals surface area contributed by atoms with Crippen LogP contribution in [0.4, 0.5) is 0 Å². The number of aryl methyl sites for hydroxylation is 1. The van der Waals surface area contributed by atoms with Crippen molar-refractivity contribution in [3.05, 3.63) is 29.6 Å². The Hall–Kier alpha value is -1.91. The Labute approximate surface area is 112 Å². The summed E-state index contributed by atoms with van der Waals surface area (Å²) < 4.78 is 0. The zero-order valence-corrected chi connectivity index (χ0v) is 11.2. The number of pyridine rings is 1. The molecule has 102 valence electrons. The molecule has 0 aromatic carbocycles. The molecule has 0 bridgehead atoms. The maximum Gasteiger partial charge on any atom is 0.326 e. The first-order valence-corrected chi connectivity index (χ1v) is 6.46. The van der Waals surface area contributed by atoms with Crippen LogP contribution in [0.2, 0.25) is 0 Å². The predicted octanol–water partition coefficient (Wildman–Crippen LogP) is 1.72. The fourth-order valence-corrected chi connectivity index (χ4v) is 2.46. The van der Waals surface area contributed by atoms with Gasteiger partial charge in [-0.05, 0) is 37.3 Å². The van der Waals surface area contributed by atoms with Gasteiger partial charge in [-0.25, -0.2) is 4.79 Å². The van der Waals surface area contributed by atoms with Crippen molar-refractivity contribution in [1.82, 2.24) is 9.88 Å².